The summed E-state index contributed by atoms with van der Waals surface area (Å²) in [7, 11) is 0. The Morgan fingerprint density at radius 3 is 3.00 bits per heavy atom. The van der Waals surface area contributed by atoms with Gasteiger partial charge in [0.15, 0.2) is 0 Å². The number of nitrogens with one attached hydrogen (secondary N) is 2. The maximum atomic E-state index is 12.5. The normalized spacial score (nSPS) is 15.6. The third kappa shape index (κ3) is 4.77. The summed E-state index contributed by atoms with van der Waals surface area (Å²) in [6.45, 7) is 3.57. The molecule has 5 rings (SSSR count). The summed E-state index contributed by atoms with van der Waals surface area (Å²) < 4.78 is 0. The second-order valence-electron chi connectivity index (χ2n) is 8.50. The fourth-order valence-corrected chi connectivity index (χ4v) is 6.72. The summed E-state index contributed by atoms with van der Waals surface area (Å²) in [5, 5.41) is 3.84. The van der Waals surface area contributed by atoms with Gasteiger partial charge in [-0.1, -0.05) is 24.3 Å². The van der Waals surface area contributed by atoms with E-state index in [2.05, 4.69) is 44.5 Å². The number of amides is 1. The number of aromatic nitrogens is 2. The summed E-state index contributed by atoms with van der Waals surface area (Å²) >= 11 is 3.30. The van der Waals surface area contributed by atoms with Gasteiger partial charge in [0.25, 0.3) is 5.56 Å². The van der Waals surface area contributed by atoms with E-state index >= 15 is 0 Å². The highest BCUT2D eigenvalue weighted by molar-refractivity contribution is 7.98. The minimum atomic E-state index is -0.0110. The molecule has 0 spiro atoms. The van der Waals surface area contributed by atoms with Gasteiger partial charge in [0.2, 0.25) is 5.91 Å². The van der Waals surface area contributed by atoms with Gasteiger partial charge in [0.05, 0.1) is 11.1 Å². The number of hydrogen-bond acceptors (Lipinski definition) is 6. The molecule has 1 aliphatic carbocycles. The van der Waals surface area contributed by atoms with Gasteiger partial charge in [0.1, 0.15) is 10.7 Å². The van der Waals surface area contributed by atoms with E-state index in [4.69, 9.17) is 0 Å². The molecule has 2 N–H and O–H groups in total. The Morgan fingerprint density at radius 2 is 2.09 bits per heavy atom. The van der Waals surface area contributed by atoms with Crippen molar-refractivity contribution in [3.8, 4) is 0 Å². The number of rotatable bonds is 8. The Morgan fingerprint density at radius 1 is 1.22 bits per heavy atom. The van der Waals surface area contributed by atoms with Gasteiger partial charge in [-0.25, -0.2) is 4.98 Å². The SMILES string of the molecule is O=C(CCSCc1nc2sc3c(c2c(=O)[nH]1)CCC3)NCCN1CCc2ccccc2C1. The number of fused-ring (bicyclic) bond motifs is 4. The van der Waals surface area contributed by atoms with Crippen LogP contribution in [0.2, 0.25) is 0 Å². The molecule has 0 radical (unpaired) electrons. The number of nitrogens with zero attached hydrogens (tertiary/aromatic N) is 2. The van der Waals surface area contributed by atoms with Crippen molar-refractivity contribution in [1.82, 2.24) is 20.2 Å². The van der Waals surface area contributed by atoms with Gasteiger partial charge in [-0.05, 0) is 42.4 Å². The molecule has 0 unspecified atom stereocenters. The van der Waals surface area contributed by atoms with Crippen molar-refractivity contribution in [3.05, 3.63) is 62.0 Å². The fraction of sp³-hybridized carbons (Fsp3) is 0.458. The van der Waals surface area contributed by atoms with Crippen LogP contribution in [0.25, 0.3) is 10.2 Å². The van der Waals surface area contributed by atoms with Crippen LogP contribution in [0.3, 0.4) is 0 Å². The highest BCUT2D eigenvalue weighted by Crippen LogP contribution is 2.34. The molecule has 6 nitrogen and oxygen atoms in total. The van der Waals surface area contributed by atoms with Gasteiger partial charge in [-0.2, -0.15) is 11.8 Å². The number of thioether (sulfide) groups is 1. The number of carbonyl (C=O) groups is 1. The first-order valence-corrected chi connectivity index (χ1v) is 13.3. The summed E-state index contributed by atoms with van der Waals surface area (Å²) in [6.07, 6.45) is 4.76. The minimum Gasteiger partial charge on any atom is -0.355 e. The van der Waals surface area contributed by atoms with E-state index in [-0.39, 0.29) is 11.5 Å². The van der Waals surface area contributed by atoms with Crippen LogP contribution in [0.4, 0.5) is 0 Å². The lowest BCUT2D eigenvalue weighted by molar-refractivity contribution is -0.120. The zero-order valence-corrected chi connectivity index (χ0v) is 19.7. The molecule has 0 atom stereocenters. The molecule has 1 aromatic carbocycles. The van der Waals surface area contributed by atoms with Crippen molar-refractivity contribution in [3.63, 3.8) is 0 Å². The lowest BCUT2D eigenvalue weighted by Crippen LogP contribution is -2.37. The van der Waals surface area contributed by atoms with E-state index in [1.165, 1.54) is 21.6 Å². The van der Waals surface area contributed by atoms with E-state index in [9.17, 15) is 9.59 Å². The van der Waals surface area contributed by atoms with Crippen molar-refractivity contribution in [2.75, 3.05) is 25.4 Å². The molecule has 1 aliphatic heterocycles. The zero-order chi connectivity index (χ0) is 21.9. The summed E-state index contributed by atoms with van der Waals surface area (Å²) in [4.78, 5) is 36.9. The van der Waals surface area contributed by atoms with Crippen molar-refractivity contribution >= 4 is 39.2 Å². The van der Waals surface area contributed by atoms with E-state index in [0.717, 1.165) is 55.5 Å². The van der Waals surface area contributed by atoms with Gasteiger partial charge < -0.3 is 10.3 Å². The first-order chi connectivity index (χ1) is 15.7. The van der Waals surface area contributed by atoms with Crippen LogP contribution >= 0.6 is 23.1 Å². The molecule has 0 fully saturated rings. The van der Waals surface area contributed by atoms with Crippen molar-refractivity contribution in [2.24, 2.45) is 0 Å². The Kier molecular flexibility index (Phi) is 6.62. The first-order valence-electron chi connectivity index (χ1n) is 11.3. The van der Waals surface area contributed by atoms with Crippen LogP contribution in [0.15, 0.2) is 29.1 Å². The molecule has 0 saturated carbocycles. The summed E-state index contributed by atoms with van der Waals surface area (Å²) in [5.41, 5.74) is 4.05. The first kappa shape index (κ1) is 21.7. The standard InChI is InChI=1S/C24H28N4O2S2/c29-21(25-10-12-28-11-8-16-4-1-2-5-17(16)14-28)9-13-31-15-20-26-23(30)22-18-6-3-7-19(18)32-24(22)27-20/h1-2,4-5H,3,6-15H2,(H,25,29)(H,26,27,30). The molecule has 1 amide bonds. The van der Waals surface area contributed by atoms with Crippen LogP contribution in [0, 0.1) is 0 Å². The molecule has 2 aliphatic rings. The molecular formula is C24H28N4O2S2. The number of thiophene rings is 1. The third-order valence-corrected chi connectivity index (χ3v) is 8.45. The third-order valence-electron chi connectivity index (χ3n) is 6.30. The maximum absolute atomic E-state index is 12.5. The molecule has 168 valence electrons. The Labute approximate surface area is 195 Å². The molecule has 0 bridgehead atoms. The highest BCUT2D eigenvalue weighted by Gasteiger charge is 2.21. The van der Waals surface area contributed by atoms with Crippen LogP contribution in [-0.4, -0.2) is 46.2 Å². The number of aromatic amines is 1. The maximum Gasteiger partial charge on any atom is 0.259 e. The number of aryl methyl sites for hydroxylation is 2. The van der Waals surface area contributed by atoms with E-state index < -0.39 is 0 Å². The molecule has 3 heterocycles. The summed E-state index contributed by atoms with van der Waals surface area (Å²) in [5.74, 6) is 2.12. The summed E-state index contributed by atoms with van der Waals surface area (Å²) in [6, 6.07) is 8.61. The number of benzene rings is 1. The minimum absolute atomic E-state index is 0.0110. The molecular weight excluding hydrogens is 440 g/mol. The lowest BCUT2D eigenvalue weighted by Gasteiger charge is -2.28. The highest BCUT2D eigenvalue weighted by atomic mass is 32.2. The molecule has 8 heteroatoms. The monoisotopic (exact) mass is 468 g/mol. The van der Waals surface area contributed by atoms with Gasteiger partial charge in [-0.15, -0.1) is 11.3 Å². The van der Waals surface area contributed by atoms with Crippen molar-refractivity contribution in [1.29, 1.82) is 0 Å². The smallest absolute Gasteiger partial charge is 0.259 e. The Hall–Kier alpha value is -2.16. The van der Waals surface area contributed by atoms with E-state index in [1.807, 2.05) is 0 Å². The zero-order valence-electron chi connectivity index (χ0n) is 18.1. The fourth-order valence-electron chi connectivity index (χ4n) is 4.64. The van der Waals surface area contributed by atoms with Crippen LogP contribution < -0.4 is 10.9 Å². The van der Waals surface area contributed by atoms with Gasteiger partial charge in [-0.3, -0.25) is 14.5 Å². The van der Waals surface area contributed by atoms with Crippen molar-refractivity contribution < 1.29 is 4.79 Å². The number of carbonyl (C=O) groups excluding carboxylic acids is 1. The predicted molar refractivity (Wildman–Crippen MR) is 131 cm³/mol. The van der Waals surface area contributed by atoms with Crippen molar-refractivity contribution in [2.45, 2.75) is 44.4 Å². The van der Waals surface area contributed by atoms with Gasteiger partial charge in [0, 0.05) is 43.2 Å². The van der Waals surface area contributed by atoms with Gasteiger partial charge >= 0.3 is 0 Å². The number of hydrogen-bond donors (Lipinski definition) is 2. The second kappa shape index (κ2) is 9.77. The molecule has 0 saturated heterocycles. The Bertz CT molecular complexity index is 1190. The largest absolute Gasteiger partial charge is 0.355 e. The number of H-pyrrole nitrogens is 1. The molecule has 32 heavy (non-hydrogen) atoms. The predicted octanol–water partition coefficient (Wildman–Crippen LogP) is 3.27. The quantitative estimate of drug-likeness (QED) is 0.496. The lowest BCUT2D eigenvalue weighted by atomic mass is 10.00. The van der Waals surface area contributed by atoms with Crippen LogP contribution in [0.5, 0.6) is 0 Å². The van der Waals surface area contributed by atoms with Crippen LogP contribution in [0.1, 0.15) is 40.2 Å². The molecule has 3 aromatic rings. The average Bonchev–Trinajstić information content (AvgIpc) is 3.38. The molecule has 2 aromatic heterocycles. The van der Waals surface area contributed by atoms with E-state index in [0.29, 0.717) is 30.3 Å². The average molecular weight is 469 g/mol. The second-order valence-corrected chi connectivity index (χ2v) is 10.7. The topological polar surface area (TPSA) is 78.1 Å². The Balaban J connectivity index is 1.03. The van der Waals surface area contributed by atoms with Crippen LogP contribution in [-0.2, 0) is 36.4 Å². The van der Waals surface area contributed by atoms with E-state index in [1.54, 1.807) is 23.1 Å².